The van der Waals surface area contributed by atoms with Gasteiger partial charge in [-0.15, -0.1) is 0 Å². The minimum Gasteiger partial charge on any atom is -0.368 e. The summed E-state index contributed by atoms with van der Waals surface area (Å²) in [5.74, 6) is 0. The fourth-order valence-corrected chi connectivity index (χ4v) is 2.51. The molecule has 0 heterocycles. The van der Waals surface area contributed by atoms with Crippen LogP contribution < -0.4 is 0 Å². The predicted octanol–water partition coefficient (Wildman–Crippen LogP) is 4.76. The van der Waals surface area contributed by atoms with E-state index in [4.69, 9.17) is 16.3 Å². The summed E-state index contributed by atoms with van der Waals surface area (Å²) in [6.07, 6.45) is 0.186. The van der Waals surface area contributed by atoms with E-state index in [1.54, 1.807) is 0 Å². The molecule has 0 aliphatic rings. The normalized spacial score (nSPS) is 12.2. The summed E-state index contributed by atoms with van der Waals surface area (Å²) in [5.41, 5.74) is 0.737. The van der Waals surface area contributed by atoms with Gasteiger partial charge in [-0.05, 0) is 51.5 Å². The molecule has 1 rings (SSSR count). The maximum absolute atomic E-state index is 5.98. The Hall–Kier alpha value is -0.0500. The summed E-state index contributed by atoms with van der Waals surface area (Å²) in [6.45, 7) is 8.15. The SMILES string of the molecule is CC(C)OC(C)(C)c1cc(Cl)ccc1Br. The molecule has 0 saturated heterocycles. The molecule has 3 heteroatoms. The molecule has 1 nitrogen and oxygen atoms in total. The summed E-state index contributed by atoms with van der Waals surface area (Å²) in [6, 6.07) is 5.75. The van der Waals surface area contributed by atoms with Crippen molar-refractivity contribution < 1.29 is 4.74 Å². The molecular weight excluding hydrogens is 275 g/mol. The largest absolute Gasteiger partial charge is 0.368 e. The molecule has 1 aromatic carbocycles. The van der Waals surface area contributed by atoms with Gasteiger partial charge in [0.15, 0.2) is 0 Å². The first-order valence-corrected chi connectivity index (χ1v) is 6.13. The van der Waals surface area contributed by atoms with Crippen molar-refractivity contribution in [2.24, 2.45) is 0 Å². The molecule has 0 aliphatic carbocycles. The molecule has 0 spiro atoms. The molecule has 0 amide bonds. The van der Waals surface area contributed by atoms with Gasteiger partial charge in [-0.2, -0.15) is 0 Å². The molecule has 15 heavy (non-hydrogen) atoms. The minimum atomic E-state index is -0.335. The molecular formula is C12H16BrClO. The molecule has 0 N–H and O–H groups in total. The summed E-state index contributed by atoms with van der Waals surface area (Å²) >= 11 is 9.50. The van der Waals surface area contributed by atoms with Crippen molar-refractivity contribution in [1.29, 1.82) is 0 Å². The summed E-state index contributed by atoms with van der Waals surface area (Å²) in [4.78, 5) is 0. The van der Waals surface area contributed by atoms with Crippen LogP contribution in [0.3, 0.4) is 0 Å². The van der Waals surface area contributed by atoms with Crippen molar-refractivity contribution in [1.82, 2.24) is 0 Å². The van der Waals surface area contributed by atoms with Crippen LogP contribution in [0.5, 0.6) is 0 Å². The van der Waals surface area contributed by atoms with Crippen LogP contribution in [0, 0.1) is 0 Å². The highest BCUT2D eigenvalue weighted by molar-refractivity contribution is 9.10. The maximum Gasteiger partial charge on any atom is 0.0890 e. The topological polar surface area (TPSA) is 9.23 Å². The Bertz CT molecular complexity index is 347. The Kier molecular flexibility index (Phi) is 4.21. The van der Waals surface area contributed by atoms with Crippen LogP contribution in [0.25, 0.3) is 0 Å². The van der Waals surface area contributed by atoms with Gasteiger partial charge < -0.3 is 4.74 Å². The number of hydrogen-bond donors (Lipinski definition) is 0. The van der Waals surface area contributed by atoms with Gasteiger partial charge in [-0.3, -0.25) is 0 Å². The van der Waals surface area contributed by atoms with Crippen LogP contribution in [-0.2, 0) is 10.3 Å². The van der Waals surface area contributed by atoms with Gasteiger partial charge in [0.25, 0.3) is 0 Å². The third-order valence-corrected chi connectivity index (χ3v) is 3.03. The Morgan fingerprint density at radius 1 is 1.33 bits per heavy atom. The third-order valence-electron chi connectivity index (χ3n) is 2.11. The summed E-state index contributed by atoms with van der Waals surface area (Å²) in [5, 5.41) is 0.730. The lowest BCUT2D eigenvalue weighted by Crippen LogP contribution is -2.25. The Morgan fingerprint density at radius 2 is 1.93 bits per heavy atom. The van der Waals surface area contributed by atoms with Crippen LogP contribution in [0.1, 0.15) is 33.3 Å². The highest BCUT2D eigenvalue weighted by atomic mass is 79.9. The van der Waals surface area contributed by atoms with E-state index in [9.17, 15) is 0 Å². The minimum absolute atomic E-state index is 0.186. The molecule has 1 aromatic rings. The van der Waals surface area contributed by atoms with Crippen molar-refractivity contribution >= 4 is 27.5 Å². The van der Waals surface area contributed by atoms with Crippen molar-refractivity contribution in [3.05, 3.63) is 33.3 Å². The predicted molar refractivity (Wildman–Crippen MR) is 68.4 cm³/mol. The van der Waals surface area contributed by atoms with Gasteiger partial charge in [-0.25, -0.2) is 0 Å². The van der Waals surface area contributed by atoms with Gasteiger partial charge in [0.1, 0.15) is 0 Å². The highest BCUT2D eigenvalue weighted by Gasteiger charge is 2.25. The fourth-order valence-electron chi connectivity index (χ4n) is 1.61. The van der Waals surface area contributed by atoms with Crippen LogP contribution >= 0.6 is 27.5 Å². The van der Waals surface area contributed by atoms with E-state index in [1.807, 2.05) is 45.9 Å². The number of rotatable bonds is 3. The number of hydrogen-bond acceptors (Lipinski definition) is 1. The summed E-state index contributed by atoms with van der Waals surface area (Å²) in [7, 11) is 0. The second-order valence-electron chi connectivity index (χ2n) is 4.30. The average Bonchev–Trinajstić information content (AvgIpc) is 2.06. The lowest BCUT2D eigenvalue weighted by molar-refractivity contribution is -0.0604. The summed E-state index contributed by atoms with van der Waals surface area (Å²) < 4.78 is 6.90. The Morgan fingerprint density at radius 3 is 2.47 bits per heavy atom. The standard InChI is InChI=1S/C12H16BrClO/c1-8(2)15-12(3,4)10-7-9(14)5-6-11(10)13/h5-8H,1-4H3. The average molecular weight is 292 g/mol. The first-order valence-electron chi connectivity index (χ1n) is 4.96. The van der Waals surface area contributed by atoms with E-state index in [-0.39, 0.29) is 11.7 Å². The second kappa shape index (κ2) is 4.86. The Balaban J connectivity index is 3.08. The molecule has 84 valence electrons. The number of benzene rings is 1. The molecule has 0 atom stereocenters. The zero-order chi connectivity index (χ0) is 11.6. The van der Waals surface area contributed by atoms with Gasteiger partial charge in [-0.1, -0.05) is 27.5 Å². The van der Waals surface area contributed by atoms with Gasteiger partial charge >= 0.3 is 0 Å². The van der Waals surface area contributed by atoms with Crippen LogP contribution in [0.15, 0.2) is 22.7 Å². The van der Waals surface area contributed by atoms with Crippen LogP contribution in [0.4, 0.5) is 0 Å². The van der Waals surface area contributed by atoms with E-state index in [0.29, 0.717) is 0 Å². The number of halogens is 2. The lowest BCUT2D eigenvalue weighted by Gasteiger charge is -2.29. The van der Waals surface area contributed by atoms with Gasteiger partial charge in [0, 0.05) is 9.50 Å². The molecule has 0 aromatic heterocycles. The monoisotopic (exact) mass is 290 g/mol. The Labute approximate surface area is 105 Å². The van der Waals surface area contributed by atoms with Crippen molar-refractivity contribution in [3.63, 3.8) is 0 Å². The molecule has 0 unspecified atom stereocenters. The first kappa shape index (κ1) is 13.0. The number of ether oxygens (including phenoxy) is 1. The van der Waals surface area contributed by atoms with E-state index in [0.717, 1.165) is 15.1 Å². The highest BCUT2D eigenvalue weighted by Crippen LogP contribution is 2.33. The molecule has 0 radical (unpaired) electrons. The van der Waals surface area contributed by atoms with E-state index >= 15 is 0 Å². The lowest BCUT2D eigenvalue weighted by atomic mass is 9.98. The van der Waals surface area contributed by atoms with Crippen LogP contribution in [-0.4, -0.2) is 6.10 Å². The van der Waals surface area contributed by atoms with Crippen LogP contribution in [0.2, 0.25) is 5.02 Å². The van der Waals surface area contributed by atoms with E-state index in [1.165, 1.54) is 0 Å². The van der Waals surface area contributed by atoms with Crippen molar-refractivity contribution in [2.75, 3.05) is 0 Å². The van der Waals surface area contributed by atoms with Gasteiger partial charge in [0.05, 0.1) is 11.7 Å². The quantitative estimate of drug-likeness (QED) is 0.780. The third kappa shape index (κ3) is 3.47. The zero-order valence-electron chi connectivity index (χ0n) is 9.47. The fraction of sp³-hybridized carbons (Fsp3) is 0.500. The maximum atomic E-state index is 5.98. The smallest absolute Gasteiger partial charge is 0.0890 e. The van der Waals surface area contributed by atoms with E-state index in [2.05, 4.69) is 15.9 Å². The molecule has 0 aliphatic heterocycles. The van der Waals surface area contributed by atoms with Crippen molar-refractivity contribution in [3.8, 4) is 0 Å². The molecule has 0 fully saturated rings. The first-order chi connectivity index (χ1) is 6.83. The van der Waals surface area contributed by atoms with Crippen molar-refractivity contribution in [2.45, 2.75) is 39.4 Å². The second-order valence-corrected chi connectivity index (χ2v) is 5.59. The van der Waals surface area contributed by atoms with Gasteiger partial charge in [0.2, 0.25) is 0 Å². The molecule has 0 bridgehead atoms. The van der Waals surface area contributed by atoms with E-state index < -0.39 is 0 Å². The molecule has 0 saturated carbocycles. The zero-order valence-corrected chi connectivity index (χ0v) is 11.8.